The van der Waals surface area contributed by atoms with E-state index in [2.05, 4.69) is 0 Å². The molecule has 0 aliphatic rings. The van der Waals surface area contributed by atoms with E-state index in [0.29, 0.717) is 10.6 Å². The zero-order chi connectivity index (χ0) is 19.0. The molecule has 0 aromatic heterocycles. The van der Waals surface area contributed by atoms with Crippen LogP contribution in [0.5, 0.6) is 0 Å². The molecule has 2 aromatic carbocycles. The van der Waals surface area contributed by atoms with Gasteiger partial charge in [-0.2, -0.15) is 0 Å². The second-order valence-corrected chi connectivity index (χ2v) is 6.00. The Morgan fingerprint density at radius 1 is 1.00 bits per heavy atom. The molecule has 9 nitrogen and oxygen atoms in total. The Kier molecular flexibility index (Phi) is 7.92. The molecule has 0 atom stereocenters. The lowest BCUT2D eigenvalue weighted by atomic mass is 10.3. The summed E-state index contributed by atoms with van der Waals surface area (Å²) in [6.45, 7) is -0.0172. The number of aliphatic hydroxyl groups excluding tert-OH is 1. The summed E-state index contributed by atoms with van der Waals surface area (Å²) in [7, 11) is 0. The quantitative estimate of drug-likeness (QED) is 0.306. The number of nitrogens with zero attached hydrogens (tertiary/aromatic N) is 2. The van der Waals surface area contributed by atoms with Crippen LogP contribution in [-0.4, -0.2) is 27.3 Å². The van der Waals surface area contributed by atoms with Gasteiger partial charge in [0.2, 0.25) is 0 Å². The van der Waals surface area contributed by atoms with E-state index in [1.54, 1.807) is 18.2 Å². The molecule has 2 aromatic rings. The first-order valence-electron chi connectivity index (χ1n) is 6.74. The molecule has 5 N–H and O–H groups in total. The van der Waals surface area contributed by atoms with Gasteiger partial charge in [0, 0.05) is 5.75 Å². The fourth-order valence-corrected chi connectivity index (χ4v) is 2.80. The fourth-order valence-electron chi connectivity index (χ4n) is 1.73. The van der Waals surface area contributed by atoms with Crippen LogP contribution < -0.4 is 11.5 Å². The number of anilines is 2. The summed E-state index contributed by atoms with van der Waals surface area (Å²) < 4.78 is 0. The minimum atomic E-state index is -0.600. The van der Waals surface area contributed by atoms with Crippen molar-refractivity contribution in [2.75, 3.05) is 23.8 Å². The van der Waals surface area contributed by atoms with Gasteiger partial charge in [0.05, 0.1) is 21.3 Å². The number of aliphatic hydroxyl groups is 1. The number of nitrogens with two attached hydrogens (primary N) is 2. The number of nitro groups is 2. The zero-order valence-corrected chi connectivity index (χ0v) is 14.4. The van der Waals surface area contributed by atoms with Gasteiger partial charge >= 0.3 is 11.4 Å². The molecule has 0 heterocycles. The molecule has 11 heteroatoms. The highest BCUT2D eigenvalue weighted by atomic mass is 35.5. The maximum absolute atomic E-state index is 10.7. The number of thioether (sulfide) groups is 1. The van der Waals surface area contributed by atoms with E-state index in [1.165, 1.54) is 30.0 Å². The Labute approximate surface area is 151 Å². The smallest absolute Gasteiger partial charge is 0.310 e. The third kappa shape index (κ3) is 5.78. The minimum Gasteiger partial charge on any atom is -0.396 e. The van der Waals surface area contributed by atoms with E-state index in [0.717, 1.165) is 0 Å². The number of para-hydroxylation sites is 2. The van der Waals surface area contributed by atoms with Crippen molar-refractivity contribution in [3.63, 3.8) is 0 Å². The fraction of sp³-hybridized carbons (Fsp3) is 0.143. The number of rotatable bonds is 5. The number of hydrogen-bond donors (Lipinski definition) is 3. The molecule has 0 aliphatic heterocycles. The van der Waals surface area contributed by atoms with Gasteiger partial charge in [0.15, 0.2) is 0 Å². The van der Waals surface area contributed by atoms with Gasteiger partial charge < -0.3 is 16.6 Å². The second kappa shape index (κ2) is 9.67. The maximum Gasteiger partial charge on any atom is 0.310 e. The van der Waals surface area contributed by atoms with Crippen molar-refractivity contribution in [2.45, 2.75) is 4.90 Å². The molecule has 0 unspecified atom stereocenters. The number of benzene rings is 2. The van der Waals surface area contributed by atoms with E-state index in [4.69, 9.17) is 28.2 Å². The van der Waals surface area contributed by atoms with Gasteiger partial charge in [-0.1, -0.05) is 23.7 Å². The molecule has 0 saturated carbocycles. The van der Waals surface area contributed by atoms with E-state index >= 15 is 0 Å². The molecular formula is C14H15ClN4O5S. The van der Waals surface area contributed by atoms with Crippen molar-refractivity contribution in [2.24, 2.45) is 0 Å². The van der Waals surface area contributed by atoms with Crippen LogP contribution >= 0.6 is 23.4 Å². The topological polar surface area (TPSA) is 159 Å². The molecule has 0 spiro atoms. The van der Waals surface area contributed by atoms with Crippen molar-refractivity contribution in [3.8, 4) is 0 Å². The second-order valence-electron chi connectivity index (χ2n) is 4.46. The van der Waals surface area contributed by atoms with Crippen molar-refractivity contribution >= 4 is 46.1 Å². The van der Waals surface area contributed by atoms with Gasteiger partial charge in [-0.25, -0.2) is 0 Å². The summed E-state index contributed by atoms with van der Waals surface area (Å²) in [5.74, 6) is 0.421. The summed E-state index contributed by atoms with van der Waals surface area (Å²) in [5, 5.41) is 29.6. The van der Waals surface area contributed by atoms with Crippen LogP contribution in [0.15, 0.2) is 41.3 Å². The van der Waals surface area contributed by atoms with Gasteiger partial charge in [-0.05, 0) is 24.3 Å². The van der Waals surface area contributed by atoms with E-state index in [9.17, 15) is 20.2 Å². The van der Waals surface area contributed by atoms with Crippen LogP contribution in [0.4, 0.5) is 22.7 Å². The molecule has 134 valence electrons. The highest BCUT2D eigenvalue weighted by molar-refractivity contribution is 7.99. The maximum atomic E-state index is 10.7. The molecular weight excluding hydrogens is 372 g/mol. The summed E-state index contributed by atoms with van der Waals surface area (Å²) in [4.78, 5) is 20.3. The summed E-state index contributed by atoms with van der Waals surface area (Å²) in [6, 6.07) is 9.18. The van der Waals surface area contributed by atoms with Gasteiger partial charge in [0.1, 0.15) is 16.4 Å². The first-order chi connectivity index (χ1) is 11.8. The first-order valence-corrected chi connectivity index (χ1v) is 8.10. The largest absolute Gasteiger partial charge is 0.396 e. The van der Waals surface area contributed by atoms with Gasteiger partial charge in [-0.15, -0.1) is 11.8 Å². The third-order valence-corrected chi connectivity index (χ3v) is 4.09. The standard InChI is InChI=1S/C8H10N2O3S.C6H5ClN2O2/c9-6-2-1-3-7(14-5-4-11)8(6)10(12)13;7-4-2-1-3-5(8)6(4)9(10)11/h1-3,11H,4-5,9H2;1-3H,8H2. The number of nitrogen functional groups attached to an aromatic ring is 2. The molecule has 0 amide bonds. The number of halogens is 1. The number of nitro benzene ring substituents is 2. The number of hydrogen-bond acceptors (Lipinski definition) is 8. The van der Waals surface area contributed by atoms with Crippen LogP contribution in [0.3, 0.4) is 0 Å². The first kappa shape index (κ1) is 20.5. The Hall–Kier alpha value is -2.56. The molecule has 0 saturated heterocycles. The average molecular weight is 387 g/mol. The van der Waals surface area contributed by atoms with Crippen LogP contribution in [0.1, 0.15) is 0 Å². The highest BCUT2D eigenvalue weighted by Gasteiger charge is 2.17. The van der Waals surface area contributed by atoms with E-state index < -0.39 is 9.85 Å². The Balaban J connectivity index is 0.000000257. The minimum absolute atomic E-state index is 0.0172. The van der Waals surface area contributed by atoms with Crippen molar-refractivity contribution in [3.05, 3.63) is 61.6 Å². The van der Waals surface area contributed by atoms with E-state index in [1.807, 2.05) is 0 Å². The van der Waals surface area contributed by atoms with Crippen LogP contribution in [0.25, 0.3) is 0 Å². The predicted octanol–water partition coefficient (Wildman–Crippen LogP) is 3.09. The average Bonchev–Trinajstić information content (AvgIpc) is 2.52. The lowest BCUT2D eigenvalue weighted by molar-refractivity contribution is -0.386. The Bertz CT molecular complexity index is 755. The molecule has 0 fully saturated rings. The molecule has 0 radical (unpaired) electrons. The van der Waals surface area contributed by atoms with Crippen LogP contribution in [0.2, 0.25) is 5.02 Å². The SMILES string of the molecule is Nc1cccc(Cl)c1[N+](=O)[O-].Nc1cccc(SCCO)c1[N+](=O)[O-]. The van der Waals surface area contributed by atoms with Crippen LogP contribution in [-0.2, 0) is 0 Å². The lowest BCUT2D eigenvalue weighted by Crippen LogP contribution is -1.98. The van der Waals surface area contributed by atoms with Crippen molar-refractivity contribution < 1.29 is 15.0 Å². The normalized spacial score (nSPS) is 9.84. The lowest BCUT2D eigenvalue weighted by Gasteiger charge is -2.03. The molecule has 25 heavy (non-hydrogen) atoms. The predicted molar refractivity (Wildman–Crippen MR) is 97.8 cm³/mol. The monoisotopic (exact) mass is 386 g/mol. The van der Waals surface area contributed by atoms with E-state index in [-0.39, 0.29) is 34.4 Å². The van der Waals surface area contributed by atoms with Crippen LogP contribution in [0, 0.1) is 20.2 Å². The summed E-state index contributed by atoms with van der Waals surface area (Å²) in [5.41, 5.74) is 10.7. The molecule has 0 bridgehead atoms. The summed E-state index contributed by atoms with van der Waals surface area (Å²) >= 11 is 6.72. The molecule has 0 aliphatic carbocycles. The molecule has 2 rings (SSSR count). The third-order valence-electron chi connectivity index (χ3n) is 2.76. The summed E-state index contributed by atoms with van der Waals surface area (Å²) in [6.07, 6.45) is 0. The Morgan fingerprint density at radius 3 is 1.96 bits per heavy atom. The zero-order valence-electron chi connectivity index (χ0n) is 12.8. The Morgan fingerprint density at radius 2 is 1.52 bits per heavy atom. The van der Waals surface area contributed by atoms with Crippen molar-refractivity contribution in [1.29, 1.82) is 0 Å². The van der Waals surface area contributed by atoms with Gasteiger partial charge in [0.25, 0.3) is 0 Å². The van der Waals surface area contributed by atoms with Crippen molar-refractivity contribution in [1.82, 2.24) is 0 Å². The van der Waals surface area contributed by atoms with Gasteiger partial charge in [-0.3, -0.25) is 20.2 Å². The highest BCUT2D eigenvalue weighted by Crippen LogP contribution is 2.33.